The second-order valence-electron chi connectivity index (χ2n) is 6.78. The van der Waals surface area contributed by atoms with Gasteiger partial charge in [-0.25, -0.2) is 0 Å². The summed E-state index contributed by atoms with van der Waals surface area (Å²) in [5.41, 5.74) is 8.37. The van der Waals surface area contributed by atoms with Gasteiger partial charge in [0.25, 0.3) is 0 Å². The van der Waals surface area contributed by atoms with Gasteiger partial charge in [-0.3, -0.25) is 5.10 Å². The predicted molar refractivity (Wildman–Crippen MR) is 97.8 cm³/mol. The normalized spacial score (nSPS) is 19.8. The number of fused-ring (bicyclic) bond motifs is 6. The molecule has 2 aliphatic rings. The molecule has 24 heavy (non-hydrogen) atoms. The van der Waals surface area contributed by atoms with Crippen LogP contribution in [0.5, 0.6) is 0 Å². The quantitative estimate of drug-likeness (QED) is 0.588. The van der Waals surface area contributed by atoms with E-state index >= 15 is 0 Å². The minimum absolute atomic E-state index is 0.423. The van der Waals surface area contributed by atoms with E-state index in [1.165, 1.54) is 27.1 Å². The third-order valence-electron chi connectivity index (χ3n) is 5.36. The van der Waals surface area contributed by atoms with Crippen molar-refractivity contribution in [2.45, 2.75) is 37.3 Å². The lowest BCUT2D eigenvalue weighted by Crippen LogP contribution is -2.36. The van der Waals surface area contributed by atoms with Crippen LogP contribution in [0.25, 0.3) is 22.3 Å². The van der Waals surface area contributed by atoms with Crippen molar-refractivity contribution in [2.24, 2.45) is 0 Å². The lowest BCUT2D eigenvalue weighted by Gasteiger charge is -2.32. The zero-order chi connectivity index (χ0) is 16.4. The van der Waals surface area contributed by atoms with Crippen molar-refractivity contribution in [1.29, 1.82) is 0 Å². The lowest BCUT2D eigenvalue weighted by molar-refractivity contribution is 0.197. The minimum atomic E-state index is -0.423. The Bertz CT molecular complexity index is 958. The van der Waals surface area contributed by atoms with Gasteiger partial charge in [-0.15, -0.1) is 11.8 Å². The number of aromatic amines is 2. The van der Waals surface area contributed by atoms with Gasteiger partial charge in [0, 0.05) is 39.9 Å². The number of aliphatic hydroxyl groups excluding tert-OH is 1. The first-order valence-corrected chi connectivity index (χ1v) is 9.38. The number of thioether (sulfide) groups is 1. The van der Waals surface area contributed by atoms with Crippen LogP contribution in [-0.4, -0.2) is 39.3 Å². The summed E-state index contributed by atoms with van der Waals surface area (Å²) < 4.78 is 0. The third-order valence-corrected chi connectivity index (χ3v) is 6.47. The summed E-state index contributed by atoms with van der Waals surface area (Å²) in [5.74, 6) is 0.713. The zero-order valence-corrected chi connectivity index (χ0v) is 14.6. The molecule has 1 aliphatic heterocycles. The lowest BCUT2D eigenvalue weighted by atomic mass is 10.1. The van der Waals surface area contributed by atoms with E-state index in [0.717, 1.165) is 41.9 Å². The molecular formula is C18H20N4OS. The van der Waals surface area contributed by atoms with Gasteiger partial charge in [-0.1, -0.05) is 0 Å². The number of rotatable bonds is 0. The van der Waals surface area contributed by atoms with Crippen molar-refractivity contribution in [3.8, 4) is 11.4 Å². The molecule has 3 aromatic rings. The molecule has 0 saturated heterocycles. The largest absolute Gasteiger partial charge is 0.373 e. The third kappa shape index (κ3) is 1.90. The predicted octanol–water partition coefficient (Wildman–Crippen LogP) is 3.22. The summed E-state index contributed by atoms with van der Waals surface area (Å²) in [5, 5.41) is 19.1. The van der Waals surface area contributed by atoms with E-state index in [1.807, 2.05) is 11.9 Å². The average molecular weight is 340 g/mol. The van der Waals surface area contributed by atoms with Gasteiger partial charge >= 0.3 is 0 Å². The first kappa shape index (κ1) is 14.4. The second kappa shape index (κ2) is 5.04. The Morgan fingerprint density at radius 2 is 2.12 bits per heavy atom. The summed E-state index contributed by atoms with van der Waals surface area (Å²) >= 11 is 1.74. The second-order valence-corrected chi connectivity index (χ2v) is 7.84. The number of benzene rings is 1. The molecule has 124 valence electrons. The van der Waals surface area contributed by atoms with Gasteiger partial charge in [0.2, 0.25) is 0 Å². The molecule has 1 unspecified atom stereocenters. The van der Waals surface area contributed by atoms with E-state index in [9.17, 15) is 5.11 Å². The molecule has 0 amide bonds. The molecule has 5 nitrogen and oxygen atoms in total. The first-order valence-electron chi connectivity index (χ1n) is 8.40. The topological polar surface area (TPSA) is 67.9 Å². The van der Waals surface area contributed by atoms with Crippen LogP contribution in [0.15, 0.2) is 17.0 Å². The van der Waals surface area contributed by atoms with E-state index in [1.54, 1.807) is 11.8 Å². The Morgan fingerprint density at radius 3 is 3.00 bits per heavy atom. The first-order chi connectivity index (χ1) is 11.6. The molecule has 3 heterocycles. The van der Waals surface area contributed by atoms with E-state index in [2.05, 4.69) is 34.2 Å². The summed E-state index contributed by atoms with van der Waals surface area (Å²) in [6, 6.07) is 4.46. The molecule has 6 heteroatoms. The highest BCUT2D eigenvalue weighted by Crippen LogP contribution is 2.43. The average Bonchev–Trinajstić information content (AvgIpc) is 3.05. The van der Waals surface area contributed by atoms with Gasteiger partial charge in [0.1, 0.15) is 11.9 Å². The molecule has 3 N–H and O–H groups in total. The van der Waals surface area contributed by atoms with Gasteiger partial charge in [-0.2, -0.15) is 5.10 Å². The number of H-pyrrole nitrogens is 2. The van der Waals surface area contributed by atoms with Gasteiger partial charge in [0.15, 0.2) is 0 Å². The highest BCUT2D eigenvalue weighted by molar-refractivity contribution is 7.99. The van der Waals surface area contributed by atoms with Crippen LogP contribution >= 0.6 is 11.8 Å². The van der Waals surface area contributed by atoms with E-state index < -0.39 is 6.23 Å². The molecule has 0 spiro atoms. The van der Waals surface area contributed by atoms with Crippen molar-refractivity contribution >= 4 is 28.4 Å². The Labute approximate surface area is 144 Å². The zero-order valence-electron chi connectivity index (χ0n) is 13.8. The number of aryl methyl sites for hydroxylation is 2. The molecule has 0 radical (unpaired) electrons. The SMILES string of the molecule is Cc1[nH]nc2c1CCCc1c-2[nH]c2cc3c(cc12)SCC(O)N3C. The highest BCUT2D eigenvalue weighted by atomic mass is 32.2. The fourth-order valence-corrected chi connectivity index (χ4v) is 5.07. The maximum atomic E-state index is 10.1. The molecule has 2 aromatic heterocycles. The molecular weight excluding hydrogens is 320 g/mol. The number of aliphatic hydroxyl groups is 1. The number of nitrogens with one attached hydrogen (secondary N) is 2. The number of anilines is 1. The monoisotopic (exact) mass is 340 g/mol. The van der Waals surface area contributed by atoms with Crippen LogP contribution in [0.3, 0.4) is 0 Å². The fourth-order valence-electron chi connectivity index (χ4n) is 3.96. The Morgan fingerprint density at radius 1 is 1.29 bits per heavy atom. The standard InChI is InChI=1S/C18H20N4OS/c1-9-10-4-3-5-11-12-6-15-14(22(2)16(23)8-24-15)7-13(12)19-17(11)18(10)21-20-9/h6-7,16,19,23H,3-5,8H2,1-2H3,(H,20,21). The van der Waals surface area contributed by atoms with Crippen molar-refractivity contribution < 1.29 is 5.11 Å². The molecule has 0 fully saturated rings. The van der Waals surface area contributed by atoms with Crippen LogP contribution in [-0.2, 0) is 12.8 Å². The van der Waals surface area contributed by atoms with Gasteiger partial charge in [-0.05, 0) is 43.9 Å². The molecule has 1 atom stereocenters. The van der Waals surface area contributed by atoms with E-state index in [4.69, 9.17) is 0 Å². The summed E-state index contributed by atoms with van der Waals surface area (Å²) in [6.45, 7) is 2.10. The van der Waals surface area contributed by atoms with Crippen molar-refractivity contribution in [3.05, 3.63) is 29.0 Å². The van der Waals surface area contributed by atoms with Crippen LogP contribution in [0.4, 0.5) is 5.69 Å². The number of hydrogen-bond donors (Lipinski definition) is 3. The molecule has 1 aromatic carbocycles. The Hall–Kier alpha value is -1.92. The molecule has 0 saturated carbocycles. The van der Waals surface area contributed by atoms with Crippen LogP contribution < -0.4 is 4.90 Å². The van der Waals surface area contributed by atoms with Crippen LogP contribution in [0.2, 0.25) is 0 Å². The Balaban J connectivity index is 1.76. The molecule has 0 bridgehead atoms. The van der Waals surface area contributed by atoms with Crippen LogP contribution in [0.1, 0.15) is 23.2 Å². The summed E-state index contributed by atoms with van der Waals surface area (Å²) in [7, 11) is 1.96. The maximum absolute atomic E-state index is 10.1. The van der Waals surface area contributed by atoms with Gasteiger partial charge in [0.05, 0.1) is 11.4 Å². The number of hydrogen-bond acceptors (Lipinski definition) is 4. The Kier molecular flexibility index (Phi) is 3.03. The van der Waals surface area contributed by atoms with Crippen molar-refractivity contribution in [3.63, 3.8) is 0 Å². The fraction of sp³-hybridized carbons (Fsp3) is 0.389. The number of nitrogens with zero attached hydrogens (tertiary/aromatic N) is 2. The van der Waals surface area contributed by atoms with Crippen LogP contribution in [0, 0.1) is 6.92 Å². The minimum Gasteiger partial charge on any atom is -0.373 e. The smallest absolute Gasteiger partial charge is 0.136 e. The number of aromatic nitrogens is 3. The molecule has 5 rings (SSSR count). The summed E-state index contributed by atoms with van der Waals surface area (Å²) in [6.07, 6.45) is 2.88. The highest BCUT2D eigenvalue weighted by Gasteiger charge is 2.26. The van der Waals surface area contributed by atoms with Crippen molar-refractivity contribution in [1.82, 2.24) is 15.2 Å². The van der Waals surface area contributed by atoms with E-state index in [0.29, 0.717) is 5.75 Å². The molecule has 1 aliphatic carbocycles. The van der Waals surface area contributed by atoms with Gasteiger partial charge < -0.3 is 15.0 Å². The summed E-state index contributed by atoms with van der Waals surface area (Å²) in [4.78, 5) is 6.82. The van der Waals surface area contributed by atoms with E-state index in [-0.39, 0.29) is 0 Å². The maximum Gasteiger partial charge on any atom is 0.136 e. The van der Waals surface area contributed by atoms with Crippen molar-refractivity contribution in [2.75, 3.05) is 17.7 Å².